The molecular formula is C18H32FNO4. The van der Waals surface area contributed by atoms with Gasteiger partial charge in [0.1, 0.15) is 0 Å². The minimum Gasteiger partial charge on any atom is -0.481 e. The van der Waals surface area contributed by atoms with Gasteiger partial charge in [0, 0.05) is 20.1 Å². The molecule has 0 amide bonds. The molecule has 1 aromatic carbocycles. The van der Waals surface area contributed by atoms with Gasteiger partial charge < -0.3 is 20.3 Å². The fourth-order valence-corrected chi connectivity index (χ4v) is 1.51. The first-order valence-corrected chi connectivity index (χ1v) is 8.16. The van der Waals surface area contributed by atoms with Gasteiger partial charge in [-0.2, -0.15) is 0 Å². The van der Waals surface area contributed by atoms with E-state index in [0.29, 0.717) is 12.0 Å². The van der Waals surface area contributed by atoms with Crippen molar-refractivity contribution >= 4 is 5.97 Å². The van der Waals surface area contributed by atoms with Crippen molar-refractivity contribution < 1.29 is 24.1 Å². The van der Waals surface area contributed by atoms with E-state index in [9.17, 15) is 14.3 Å². The molecule has 0 bridgehead atoms. The van der Waals surface area contributed by atoms with Crippen molar-refractivity contribution in [3.05, 3.63) is 35.9 Å². The van der Waals surface area contributed by atoms with Gasteiger partial charge >= 0.3 is 5.97 Å². The molecule has 0 spiro atoms. The highest BCUT2D eigenvalue weighted by Crippen LogP contribution is 2.23. The number of benzene rings is 1. The molecule has 0 aliphatic carbocycles. The zero-order chi connectivity index (χ0) is 18.8. The van der Waals surface area contributed by atoms with E-state index < -0.39 is 18.2 Å². The Bertz CT molecular complexity index is 386. The van der Waals surface area contributed by atoms with Crippen molar-refractivity contribution in [1.29, 1.82) is 0 Å². The molecule has 0 radical (unpaired) electrons. The summed E-state index contributed by atoms with van der Waals surface area (Å²) in [5.41, 5.74) is 0.559. The Kier molecular flexibility index (Phi) is 18.4. The van der Waals surface area contributed by atoms with Crippen molar-refractivity contribution in [3.63, 3.8) is 0 Å². The monoisotopic (exact) mass is 345 g/mol. The van der Waals surface area contributed by atoms with Gasteiger partial charge in [0.05, 0.1) is 12.7 Å². The van der Waals surface area contributed by atoms with Gasteiger partial charge in [0.25, 0.3) is 0 Å². The van der Waals surface area contributed by atoms with Gasteiger partial charge in [0.2, 0.25) is 0 Å². The van der Waals surface area contributed by atoms with Crippen molar-refractivity contribution in [2.75, 3.05) is 27.3 Å². The molecule has 1 aromatic rings. The van der Waals surface area contributed by atoms with E-state index in [1.807, 2.05) is 20.0 Å². The van der Waals surface area contributed by atoms with Crippen LogP contribution in [0.2, 0.25) is 0 Å². The lowest BCUT2D eigenvalue weighted by molar-refractivity contribution is -0.136. The first-order valence-electron chi connectivity index (χ1n) is 8.16. The second-order valence-corrected chi connectivity index (χ2v) is 5.01. The number of alkyl halides is 1. The molecule has 0 aliphatic heterocycles. The predicted molar refractivity (Wildman–Crippen MR) is 94.9 cm³/mol. The van der Waals surface area contributed by atoms with Crippen LogP contribution in [0.5, 0.6) is 0 Å². The lowest BCUT2D eigenvalue weighted by Crippen LogP contribution is -2.14. The molecule has 0 saturated heterocycles. The predicted octanol–water partition coefficient (Wildman–Crippen LogP) is 3.19. The summed E-state index contributed by atoms with van der Waals surface area (Å²) in [5, 5.41) is 20.1. The van der Waals surface area contributed by atoms with E-state index in [1.54, 1.807) is 38.3 Å². The highest BCUT2D eigenvalue weighted by Gasteiger charge is 2.18. The van der Waals surface area contributed by atoms with Gasteiger partial charge in [-0.15, -0.1) is 0 Å². The summed E-state index contributed by atoms with van der Waals surface area (Å²) in [5.74, 6) is -0.745. The number of aliphatic hydroxyl groups excluding tert-OH is 1. The van der Waals surface area contributed by atoms with Crippen LogP contribution in [0.1, 0.15) is 44.8 Å². The summed E-state index contributed by atoms with van der Waals surface area (Å²) in [6, 6.07) is 8.79. The maximum absolute atomic E-state index is 13.5. The Morgan fingerprint density at radius 3 is 2.17 bits per heavy atom. The quantitative estimate of drug-likeness (QED) is 0.631. The summed E-state index contributed by atoms with van der Waals surface area (Å²) in [6.45, 7) is 5.27. The zero-order valence-electron chi connectivity index (χ0n) is 15.2. The maximum Gasteiger partial charge on any atom is 0.303 e. The molecule has 0 saturated carbocycles. The molecule has 2 atom stereocenters. The van der Waals surface area contributed by atoms with E-state index in [0.717, 1.165) is 19.6 Å². The molecule has 24 heavy (non-hydrogen) atoms. The van der Waals surface area contributed by atoms with E-state index in [4.69, 9.17) is 9.84 Å². The molecule has 6 heteroatoms. The fourth-order valence-electron chi connectivity index (χ4n) is 1.51. The summed E-state index contributed by atoms with van der Waals surface area (Å²) < 4.78 is 18.2. The Morgan fingerprint density at radius 1 is 1.29 bits per heavy atom. The Hall–Kier alpha value is -1.50. The molecule has 0 aromatic heterocycles. The van der Waals surface area contributed by atoms with E-state index in [2.05, 4.69) is 5.32 Å². The largest absolute Gasteiger partial charge is 0.481 e. The summed E-state index contributed by atoms with van der Waals surface area (Å²) >= 11 is 0. The molecule has 1 rings (SSSR count). The van der Waals surface area contributed by atoms with Crippen LogP contribution in [0.25, 0.3) is 0 Å². The van der Waals surface area contributed by atoms with Crippen LogP contribution in [0.4, 0.5) is 4.39 Å². The third kappa shape index (κ3) is 15.4. The summed E-state index contributed by atoms with van der Waals surface area (Å²) in [6.07, 6.45) is -0.585. The molecule has 0 aliphatic rings. The smallest absolute Gasteiger partial charge is 0.303 e. The van der Waals surface area contributed by atoms with Gasteiger partial charge in [-0.3, -0.25) is 4.79 Å². The topological polar surface area (TPSA) is 78.8 Å². The first-order chi connectivity index (χ1) is 11.4. The number of aliphatic hydroxyl groups is 1. The number of carboxylic acid groups (broad SMARTS) is 1. The summed E-state index contributed by atoms with van der Waals surface area (Å²) in [7, 11) is 3.59. The van der Waals surface area contributed by atoms with Crippen LogP contribution in [0, 0.1) is 0 Å². The minimum atomic E-state index is -1.25. The molecule has 0 fully saturated rings. The first kappa shape index (κ1) is 24.7. The minimum absolute atomic E-state index is 0.222. The van der Waals surface area contributed by atoms with Crippen LogP contribution in [-0.2, 0) is 9.53 Å². The second kappa shape index (κ2) is 17.8. The van der Waals surface area contributed by atoms with Crippen LogP contribution >= 0.6 is 0 Å². The number of likely N-dealkylation sites (N-methyl/N-ethyl adjacent to an activating group) is 1. The third-order valence-electron chi connectivity index (χ3n) is 2.90. The molecule has 3 N–H and O–H groups in total. The highest BCUT2D eigenvalue weighted by atomic mass is 19.1. The summed E-state index contributed by atoms with van der Waals surface area (Å²) in [4.78, 5) is 9.37. The standard InChI is InChI=1S/C11H15FO.C4H11NO.C3H6O2/c1-2-6-10(13)11(12)9-7-4-3-5-8-9;1-5-3-4-6-2;1-2-3(4)5/h3-5,7-8,10-11,13H,2,6H2,1H3;5H,3-4H2,1-2H3;2H2,1H3,(H,4,5). The lowest BCUT2D eigenvalue weighted by Gasteiger charge is -2.14. The van der Waals surface area contributed by atoms with Gasteiger partial charge in [-0.25, -0.2) is 4.39 Å². The highest BCUT2D eigenvalue weighted by molar-refractivity contribution is 5.66. The molecule has 2 unspecified atom stereocenters. The van der Waals surface area contributed by atoms with Gasteiger partial charge in [-0.05, 0) is 19.0 Å². The van der Waals surface area contributed by atoms with Gasteiger partial charge in [0.15, 0.2) is 6.17 Å². The van der Waals surface area contributed by atoms with Crippen molar-refractivity contribution in [2.24, 2.45) is 0 Å². The number of halogens is 1. The Balaban J connectivity index is 0. The number of carboxylic acids is 1. The Morgan fingerprint density at radius 2 is 1.83 bits per heavy atom. The SMILES string of the molecule is CCC(=O)O.CCCC(O)C(F)c1ccccc1.CNCCOC. The lowest BCUT2D eigenvalue weighted by atomic mass is 10.0. The van der Waals surface area contributed by atoms with Crippen molar-refractivity contribution in [1.82, 2.24) is 5.32 Å². The van der Waals surface area contributed by atoms with Crippen molar-refractivity contribution in [3.8, 4) is 0 Å². The van der Waals surface area contributed by atoms with Crippen LogP contribution in [0.3, 0.4) is 0 Å². The number of aliphatic carboxylic acids is 1. The number of nitrogens with one attached hydrogen (secondary N) is 1. The van der Waals surface area contributed by atoms with Crippen LogP contribution in [0.15, 0.2) is 30.3 Å². The second-order valence-electron chi connectivity index (χ2n) is 5.01. The number of carbonyl (C=O) groups is 1. The van der Waals surface area contributed by atoms with Gasteiger partial charge in [-0.1, -0.05) is 50.6 Å². The van der Waals surface area contributed by atoms with Crippen LogP contribution < -0.4 is 5.32 Å². The average Bonchev–Trinajstić information content (AvgIpc) is 2.61. The number of hydrogen-bond donors (Lipinski definition) is 3. The number of ether oxygens (including phenoxy) is 1. The Labute approximate surface area is 144 Å². The third-order valence-corrected chi connectivity index (χ3v) is 2.90. The van der Waals surface area contributed by atoms with E-state index >= 15 is 0 Å². The van der Waals surface area contributed by atoms with E-state index in [-0.39, 0.29) is 6.42 Å². The van der Waals surface area contributed by atoms with Crippen LogP contribution in [-0.4, -0.2) is 49.6 Å². The zero-order valence-corrected chi connectivity index (χ0v) is 15.2. The molecule has 5 nitrogen and oxygen atoms in total. The van der Waals surface area contributed by atoms with Crippen molar-refractivity contribution in [2.45, 2.75) is 45.4 Å². The normalized spacial score (nSPS) is 12.1. The number of methoxy groups -OCH3 is 1. The number of hydrogen-bond acceptors (Lipinski definition) is 4. The fraction of sp³-hybridized carbons (Fsp3) is 0.611. The molecule has 0 heterocycles. The maximum atomic E-state index is 13.5. The molecular weight excluding hydrogens is 313 g/mol. The van der Waals surface area contributed by atoms with E-state index in [1.165, 1.54) is 0 Å². The number of rotatable bonds is 8. The average molecular weight is 345 g/mol. The molecule has 140 valence electrons.